The zero-order valence-corrected chi connectivity index (χ0v) is 22.2. The van der Waals surface area contributed by atoms with Crippen molar-refractivity contribution in [1.82, 2.24) is 10.6 Å². The number of halogens is 3. The highest BCUT2D eigenvalue weighted by atomic mass is 35.5. The van der Waals surface area contributed by atoms with E-state index in [1.807, 2.05) is 0 Å². The van der Waals surface area contributed by atoms with Gasteiger partial charge in [0.2, 0.25) is 0 Å². The number of benzene rings is 2. The molecule has 1 aliphatic rings. The van der Waals surface area contributed by atoms with E-state index in [0.29, 0.717) is 34.5 Å². The molecular formula is C25H37Cl3N4O3. The smallest absolute Gasteiger partial charge is 0.196 e. The number of hydrogen-bond donors (Lipinski definition) is 5. The number of hydrogen-bond acceptors (Lipinski definition) is 7. The van der Waals surface area contributed by atoms with Gasteiger partial charge < -0.3 is 26.8 Å². The van der Waals surface area contributed by atoms with Crippen molar-refractivity contribution in [3.05, 3.63) is 64.7 Å². The Balaban J connectivity index is 0.00000385. The number of anilines is 1. The van der Waals surface area contributed by atoms with Crippen molar-refractivity contribution in [2.24, 2.45) is 5.73 Å². The molecule has 1 atom stereocenters. The number of unbranched alkanes of at least 4 members (excludes halogenated alkanes) is 2. The summed E-state index contributed by atoms with van der Waals surface area (Å²) in [6.07, 6.45) is 3.68. The molecule has 0 amide bonds. The summed E-state index contributed by atoms with van der Waals surface area (Å²) >= 11 is 0. The summed E-state index contributed by atoms with van der Waals surface area (Å²) in [4.78, 5) is 25.8. The highest BCUT2D eigenvalue weighted by molar-refractivity contribution is 6.30. The van der Waals surface area contributed by atoms with Crippen LogP contribution >= 0.6 is 37.2 Å². The summed E-state index contributed by atoms with van der Waals surface area (Å²) in [5, 5.41) is 20.1. The van der Waals surface area contributed by atoms with E-state index in [-0.39, 0.29) is 55.3 Å². The molecule has 2 aromatic carbocycles. The Kier molecular flexibility index (Phi) is 16.8. The number of fused-ring (bicyclic) bond motifs is 2. The van der Waals surface area contributed by atoms with E-state index in [4.69, 9.17) is 5.73 Å². The Bertz CT molecular complexity index is 931. The number of aliphatic hydroxyl groups is 1. The highest BCUT2D eigenvalue weighted by Crippen LogP contribution is 2.31. The molecular weight excluding hydrogens is 511 g/mol. The van der Waals surface area contributed by atoms with E-state index in [2.05, 4.69) is 16.0 Å². The Morgan fingerprint density at radius 1 is 0.714 bits per heavy atom. The molecule has 1 aliphatic carbocycles. The molecule has 0 aromatic heterocycles. The summed E-state index contributed by atoms with van der Waals surface area (Å²) in [7, 11) is 0. The van der Waals surface area contributed by atoms with E-state index in [9.17, 15) is 14.7 Å². The van der Waals surface area contributed by atoms with Crippen molar-refractivity contribution in [3.8, 4) is 0 Å². The molecule has 35 heavy (non-hydrogen) atoms. The fourth-order valence-corrected chi connectivity index (χ4v) is 3.88. The third-order valence-electron chi connectivity index (χ3n) is 5.63. The summed E-state index contributed by atoms with van der Waals surface area (Å²) in [5.41, 5.74) is 7.71. The molecule has 7 nitrogen and oxygen atoms in total. The topological polar surface area (TPSA) is 116 Å². The summed E-state index contributed by atoms with van der Waals surface area (Å²) in [5.74, 6) is -0.308. The minimum absolute atomic E-state index is 0. The van der Waals surface area contributed by atoms with Gasteiger partial charge in [0.25, 0.3) is 0 Å². The molecule has 0 spiro atoms. The number of nitrogens with one attached hydrogen (secondary N) is 3. The fraction of sp³-hybridized carbons (Fsp3) is 0.440. The van der Waals surface area contributed by atoms with E-state index in [0.717, 1.165) is 51.9 Å². The van der Waals surface area contributed by atoms with Crippen LogP contribution in [-0.4, -0.2) is 62.0 Å². The van der Waals surface area contributed by atoms with Crippen molar-refractivity contribution >= 4 is 54.5 Å². The van der Waals surface area contributed by atoms with Gasteiger partial charge >= 0.3 is 0 Å². The van der Waals surface area contributed by atoms with Crippen LogP contribution in [0.4, 0.5) is 5.69 Å². The van der Waals surface area contributed by atoms with Crippen molar-refractivity contribution in [3.63, 3.8) is 0 Å². The van der Waals surface area contributed by atoms with Gasteiger partial charge in [-0.3, -0.25) is 9.59 Å². The van der Waals surface area contributed by atoms with Gasteiger partial charge in [-0.15, -0.1) is 37.2 Å². The largest absolute Gasteiger partial charge is 0.390 e. The van der Waals surface area contributed by atoms with Gasteiger partial charge in [0.1, 0.15) is 0 Å². The molecule has 3 rings (SSSR count). The van der Waals surface area contributed by atoms with Crippen molar-refractivity contribution < 1.29 is 14.7 Å². The van der Waals surface area contributed by atoms with E-state index in [1.165, 1.54) is 0 Å². The molecule has 6 N–H and O–H groups in total. The standard InChI is InChI=1S/C25H34N4O3.3ClH/c26-12-3-4-13-27-14-5-6-15-28-16-18(30)17-29-22-11-7-10-21-23(22)25(32)20-9-2-1-8-19(20)24(21)31;;;/h1-2,7-11,18,27-30H,3-6,12-17,26H2;3*1H. The lowest BCUT2D eigenvalue weighted by molar-refractivity contribution is 0.0979. The van der Waals surface area contributed by atoms with Gasteiger partial charge in [0.05, 0.1) is 11.7 Å². The third kappa shape index (κ3) is 9.35. The molecule has 1 unspecified atom stereocenters. The first kappa shape index (κ1) is 33.3. The quantitative estimate of drug-likeness (QED) is 0.197. The average molecular weight is 548 g/mol. The minimum atomic E-state index is -0.609. The van der Waals surface area contributed by atoms with Gasteiger partial charge in [-0.2, -0.15) is 0 Å². The lowest BCUT2D eigenvalue weighted by atomic mass is 9.83. The predicted molar refractivity (Wildman–Crippen MR) is 149 cm³/mol. The second kappa shape index (κ2) is 17.7. The molecule has 0 saturated heterocycles. The Morgan fingerprint density at radius 3 is 1.94 bits per heavy atom. The van der Waals surface area contributed by atoms with Crippen LogP contribution in [0.1, 0.15) is 57.5 Å². The Hall–Kier alpha value is -1.71. The van der Waals surface area contributed by atoms with E-state index < -0.39 is 6.10 Å². The first-order chi connectivity index (χ1) is 15.6. The maximum atomic E-state index is 13.0. The number of aliphatic hydroxyl groups excluding tert-OH is 1. The monoisotopic (exact) mass is 546 g/mol. The second-order valence-corrected chi connectivity index (χ2v) is 8.12. The van der Waals surface area contributed by atoms with Crippen molar-refractivity contribution in [2.45, 2.75) is 31.8 Å². The number of rotatable bonds is 14. The third-order valence-corrected chi connectivity index (χ3v) is 5.63. The summed E-state index contributed by atoms with van der Waals surface area (Å²) in [6, 6.07) is 12.1. The molecule has 0 radical (unpaired) electrons. The van der Waals surface area contributed by atoms with Crippen LogP contribution < -0.4 is 21.7 Å². The van der Waals surface area contributed by atoms with E-state index in [1.54, 1.807) is 42.5 Å². The van der Waals surface area contributed by atoms with Gasteiger partial charge in [-0.25, -0.2) is 0 Å². The Morgan fingerprint density at radius 2 is 1.29 bits per heavy atom. The van der Waals surface area contributed by atoms with E-state index >= 15 is 0 Å². The minimum Gasteiger partial charge on any atom is -0.390 e. The molecule has 0 saturated carbocycles. The van der Waals surface area contributed by atoms with Crippen LogP contribution in [0.5, 0.6) is 0 Å². The fourth-order valence-electron chi connectivity index (χ4n) is 3.88. The number of carbonyl (C=O) groups is 2. The number of carbonyl (C=O) groups excluding carboxylic acids is 2. The molecule has 0 heterocycles. The normalized spacial score (nSPS) is 12.4. The van der Waals surface area contributed by atoms with Crippen LogP contribution in [0.2, 0.25) is 0 Å². The summed E-state index contributed by atoms with van der Waals surface area (Å²) < 4.78 is 0. The molecule has 0 fully saturated rings. The van der Waals surface area contributed by atoms with Crippen LogP contribution in [0.3, 0.4) is 0 Å². The van der Waals surface area contributed by atoms with Crippen LogP contribution in [0.15, 0.2) is 42.5 Å². The Labute approximate surface area is 226 Å². The highest BCUT2D eigenvalue weighted by Gasteiger charge is 2.31. The van der Waals surface area contributed by atoms with Gasteiger partial charge in [0.15, 0.2) is 11.6 Å². The maximum Gasteiger partial charge on any atom is 0.196 e. The first-order valence-corrected chi connectivity index (χ1v) is 11.5. The van der Waals surface area contributed by atoms with Crippen molar-refractivity contribution in [1.29, 1.82) is 0 Å². The lowest BCUT2D eigenvalue weighted by Crippen LogP contribution is -2.33. The predicted octanol–water partition coefficient (Wildman–Crippen LogP) is 3.20. The number of nitrogens with two attached hydrogens (primary N) is 1. The zero-order chi connectivity index (χ0) is 22.8. The molecule has 2 aromatic rings. The van der Waals surface area contributed by atoms with Gasteiger partial charge in [-0.05, 0) is 57.9 Å². The maximum absolute atomic E-state index is 13.0. The first-order valence-electron chi connectivity index (χ1n) is 11.5. The SMILES string of the molecule is Cl.Cl.Cl.NCCCCNCCCCNCC(O)CNc1cccc2c1C(=O)c1ccccc1C2=O. The van der Waals surface area contributed by atoms with Crippen LogP contribution in [0.25, 0.3) is 0 Å². The van der Waals surface area contributed by atoms with Crippen LogP contribution in [-0.2, 0) is 0 Å². The summed E-state index contributed by atoms with van der Waals surface area (Å²) in [6.45, 7) is 4.34. The second-order valence-electron chi connectivity index (χ2n) is 8.12. The molecule has 10 heteroatoms. The van der Waals surface area contributed by atoms with Gasteiger partial charge in [-0.1, -0.05) is 36.4 Å². The van der Waals surface area contributed by atoms with Crippen LogP contribution in [0, 0.1) is 0 Å². The molecule has 196 valence electrons. The average Bonchev–Trinajstić information content (AvgIpc) is 2.82. The molecule has 0 bridgehead atoms. The number of ketones is 2. The lowest BCUT2D eigenvalue weighted by Gasteiger charge is -2.21. The van der Waals surface area contributed by atoms with Gasteiger partial charge in [0, 0.05) is 35.5 Å². The molecule has 0 aliphatic heterocycles. The zero-order valence-electron chi connectivity index (χ0n) is 19.8. The van der Waals surface area contributed by atoms with Crippen molar-refractivity contribution in [2.75, 3.05) is 44.6 Å².